The topological polar surface area (TPSA) is 63.7 Å². The minimum atomic E-state index is -3.77. The summed E-state index contributed by atoms with van der Waals surface area (Å²) in [6, 6.07) is 1.28. The summed E-state index contributed by atoms with van der Waals surface area (Å²) in [5.74, 6) is -0.252. The summed E-state index contributed by atoms with van der Waals surface area (Å²) in [7, 11) is 3.06. The number of carbonyl (C=O) groups is 1. The zero-order valence-electron chi connectivity index (χ0n) is 10.1. The Bertz CT molecular complexity index is 512. The van der Waals surface area contributed by atoms with Crippen LogP contribution in [0.5, 0.6) is 0 Å². The summed E-state index contributed by atoms with van der Waals surface area (Å²) >= 11 is 0.932. The zero-order chi connectivity index (χ0) is 13.8. The molecule has 0 N–H and O–H groups in total. The standard InChI is InChI=1S/C10H14ClNO4S2/c1-3-16-5-4-12(2)10(13)8-6-9(17-7-8)18(11,14)15/h6-7H,3-5H2,1-2H3. The van der Waals surface area contributed by atoms with Gasteiger partial charge in [-0.15, -0.1) is 11.3 Å². The molecule has 1 rings (SSSR count). The molecule has 5 nitrogen and oxygen atoms in total. The Balaban J connectivity index is 2.70. The second kappa shape index (κ2) is 6.51. The van der Waals surface area contributed by atoms with Crippen LogP contribution in [0.25, 0.3) is 0 Å². The van der Waals surface area contributed by atoms with Crippen molar-refractivity contribution in [1.82, 2.24) is 4.90 Å². The van der Waals surface area contributed by atoms with Gasteiger partial charge in [-0.2, -0.15) is 0 Å². The van der Waals surface area contributed by atoms with Crippen LogP contribution in [0.2, 0.25) is 0 Å². The van der Waals surface area contributed by atoms with Crippen LogP contribution in [0.3, 0.4) is 0 Å². The normalized spacial score (nSPS) is 11.5. The van der Waals surface area contributed by atoms with Gasteiger partial charge >= 0.3 is 0 Å². The molecule has 1 amide bonds. The lowest BCUT2D eigenvalue weighted by Gasteiger charge is -2.15. The van der Waals surface area contributed by atoms with Gasteiger partial charge in [0.1, 0.15) is 4.21 Å². The Morgan fingerprint density at radius 2 is 2.22 bits per heavy atom. The van der Waals surface area contributed by atoms with Crippen molar-refractivity contribution in [2.75, 3.05) is 26.8 Å². The van der Waals surface area contributed by atoms with Gasteiger partial charge in [0, 0.05) is 36.3 Å². The lowest BCUT2D eigenvalue weighted by Crippen LogP contribution is -2.29. The molecule has 0 bridgehead atoms. The molecule has 1 heterocycles. The highest BCUT2D eigenvalue weighted by molar-refractivity contribution is 8.15. The minimum absolute atomic E-state index is 0.0225. The van der Waals surface area contributed by atoms with E-state index in [4.69, 9.17) is 15.4 Å². The maximum atomic E-state index is 11.9. The fourth-order valence-electron chi connectivity index (χ4n) is 1.22. The predicted molar refractivity (Wildman–Crippen MR) is 70.8 cm³/mol. The van der Waals surface area contributed by atoms with Crippen LogP contribution in [0.15, 0.2) is 15.7 Å². The molecule has 0 fully saturated rings. The molecule has 1 aromatic heterocycles. The summed E-state index contributed by atoms with van der Waals surface area (Å²) in [6.45, 7) is 3.36. The van der Waals surface area contributed by atoms with Crippen molar-refractivity contribution in [3.8, 4) is 0 Å². The maximum Gasteiger partial charge on any atom is 0.270 e. The van der Waals surface area contributed by atoms with Crippen LogP contribution in [0.4, 0.5) is 0 Å². The molecule has 1 aromatic rings. The number of ether oxygens (including phenoxy) is 1. The Kier molecular flexibility index (Phi) is 5.58. The number of nitrogens with zero attached hydrogens (tertiary/aromatic N) is 1. The van der Waals surface area contributed by atoms with E-state index in [0.717, 1.165) is 11.3 Å². The number of halogens is 1. The summed E-state index contributed by atoms with van der Waals surface area (Å²) in [4.78, 5) is 13.4. The molecule has 0 unspecified atom stereocenters. The second-order valence-corrected chi connectivity index (χ2v) is 7.22. The van der Waals surface area contributed by atoms with Gasteiger partial charge in [0.25, 0.3) is 15.0 Å². The zero-order valence-corrected chi connectivity index (χ0v) is 12.4. The van der Waals surface area contributed by atoms with Crippen LogP contribution in [-0.4, -0.2) is 46.0 Å². The first-order valence-corrected chi connectivity index (χ1v) is 8.41. The van der Waals surface area contributed by atoms with Crippen molar-refractivity contribution >= 4 is 37.0 Å². The molecule has 18 heavy (non-hydrogen) atoms. The van der Waals surface area contributed by atoms with Gasteiger partial charge < -0.3 is 9.64 Å². The Hall–Kier alpha value is -0.630. The average Bonchev–Trinajstić information content (AvgIpc) is 2.77. The number of rotatable bonds is 6. The summed E-state index contributed by atoms with van der Waals surface area (Å²) in [5.41, 5.74) is 0.318. The van der Waals surface area contributed by atoms with E-state index in [-0.39, 0.29) is 10.1 Å². The lowest BCUT2D eigenvalue weighted by atomic mass is 10.3. The molecular weight excluding hydrogens is 298 g/mol. The highest BCUT2D eigenvalue weighted by atomic mass is 35.7. The molecule has 0 aliphatic rings. The van der Waals surface area contributed by atoms with Crippen molar-refractivity contribution in [3.63, 3.8) is 0 Å². The first-order valence-electron chi connectivity index (χ1n) is 5.22. The third kappa shape index (κ3) is 4.24. The van der Waals surface area contributed by atoms with E-state index in [1.54, 1.807) is 7.05 Å². The first-order chi connectivity index (χ1) is 8.36. The van der Waals surface area contributed by atoms with E-state index in [9.17, 15) is 13.2 Å². The SMILES string of the molecule is CCOCCN(C)C(=O)c1csc(S(=O)(=O)Cl)c1. The van der Waals surface area contributed by atoms with Gasteiger partial charge in [-0.25, -0.2) is 8.42 Å². The molecule has 0 aliphatic heterocycles. The van der Waals surface area contributed by atoms with Gasteiger partial charge in [0.05, 0.1) is 12.2 Å². The Labute approximate surface area is 115 Å². The monoisotopic (exact) mass is 311 g/mol. The van der Waals surface area contributed by atoms with Crippen molar-refractivity contribution < 1.29 is 17.9 Å². The number of hydrogen-bond donors (Lipinski definition) is 0. The van der Waals surface area contributed by atoms with E-state index in [2.05, 4.69) is 0 Å². The third-order valence-corrected chi connectivity index (χ3v) is 5.23. The molecular formula is C10H14ClNO4S2. The third-order valence-electron chi connectivity index (χ3n) is 2.18. The first kappa shape index (κ1) is 15.4. The number of carbonyl (C=O) groups excluding carboxylic acids is 1. The van der Waals surface area contributed by atoms with Crippen LogP contribution in [0, 0.1) is 0 Å². The number of hydrogen-bond acceptors (Lipinski definition) is 5. The van der Waals surface area contributed by atoms with Crippen LogP contribution in [0.1, 0.15) is 17.3 Å². The van der Waals surface area contributed by atoms with E-state index >= 15 is 0 Å². The molecule has 0 saturated heterocycles. The van der Waals surface area contributed by atoms with Gasteiger partial charge in [-0.1, -0.05) is 0 Å². The quantitative estimate of drug-likeness (QED) is 0.593. The van der Waals surface area contributed by atoms with Gasteiger partial charge in [-0.05, 0) is 13.0 Å². The molecule has 0 aromatic carbocycles. The molecule has 0 aliphatic carbocycles. The summed E-state index contributed by atoms with van der Waals surface area (Å²) < 4.78 is 27.3. The molecule has 0 saturated carbocycles. The highest BCUT2D eigenvalue weighted by Crippen LogP contribution is 2.24. The van der Waals surface area contributed by atoms with Crippen LogP contribution < -0.4 is 0 Å². The van der Waals surface area contributed by atoms with Crippen molar-refractivity contribution in [2.24, 2.45) is 0 Å². The number of amides is 1. The van der Waals surface area contributed by atoms with Gasteiger partial charge in [0.15, 0.2) is 0 Å². The summed E-state index contributed by atoms with van der Waals surface area (Å²) in [5, 5.41) is 1.48. The molecule has 0 spiro atoms. The highest BCUT2D eigenvalue weighted by Gasteiger charge is 2.18. The number of likely N-dealkylation sites (N-methyl/N-ethyl adjacent to an activating group) is 1. The second-order valence-electron chi connectivity index (χ2n) is 3.52. The largest absolute Gasteiger partial charge is 0.380 e. The van der Waals surface area contributed by atoms with Gasteiger partial charge in [-0.3, -0.25) is 4.79 Å². The summed E-state index contributed by atoms with van der Waals surface area (Å²) in [6.07, 6.45) is 0. The fraction of sp³-hybridized carbons (Fsp3) is 0.500. The van der Waals surface area contributed by atoms with Crippen molar-refractivity contribution in [3.05, 3.63) is 17.0 Å². The Morgan fingerprint density at radius 1 is 1.56 bits per heavy atom. The smallest absolute Gasteiger partial charge is 0.270 e. The van der Waals surface area contributed by atoms with Crippen molar-refractivity contribution in [2.45, 2.75) is 11.1 Å². The Morgan fingerprint density at radius 3 is 2.72 bits per heavy atom. The maximum absolute atomic E-state index is 11.9. The van der Waals surface area contributed by atoms with E-state index in [1.807, 2.05) is 6.92 Å². The van der Waals surface area contributed by atoms with Crippen molar-refractivity contribution in [1.29, 1.82) is 0 Å². The average molecular weight is 312 g/mol. The van der Waals surface area contributed by atoms with Crippen LogP contribution in [-0.2, 0) is 13.8 Å². The number of thiophene rings is 1. The fourth-order valence-corrected chi connectivity index (χ4v) is 3.16. The molecule has 0 atom stereocenters. The molecule has 0 radical (unpaired) electrons. The van der Waals surface area contributed by atoms with Crippen LogP contribution >= 0.6 is 22.0 Å². The predicted octanol–water partition coefficient (Wildman–Crippen LogP) is 1.78. The minimum Gasteiger partial charge on any atom is -0.380 e. The lowest BCUT2D eigenvalue weighted by molar-refractivity contribution is 0.0710. The molecule has 8 heteroatoms. The van der Waals surface area contributed by atoms with E-state index < -0.39 is 9.05 Å². The molecule has 102 valence electrons. The van der Waals surface area contributed by atoms with E-state index in [1.165, 1.54) is 16.3 Å². The van der Waals surface area contributed by atoms with E-state index in [0.29, 0.717) is 25.3 Å². The van der Waals surface area contributed by atoms with Gasteiger partial charge in [0.2, 0.25) is 0 Å².